The lowest BCUT2D eigenvalue weighted by molar-refractivity contribution is -0.131. The summed E-state index contributed by atoms with van der Waals surface area (Å²) in [4.78, 5) is 14.6. The van der Waals surface area contributed by atoms with Gasteiger partial charge in [0.05, 0.1) is 10.9 Å². The molecule has 3 rings (SSSR count). The van der Waals surface area contributed by atoms with Crippen molar-refractivity contribution in [2.75, 3.05) is 13.1 Å². The van der Waals surface area contributed by atoms with Crippen LogP contribution in [-0.2, 0) is 14.8 Å². The molecule has 138 valence electrons. The fourth-order valence-corrected chi connectivity index (χ4v) is 4.52. The number of hydrogen-bond donors (Lipinski definition) is 1. The Bertz CT molecular complexity index is 854. The molecule has 0 bridgehead atoms. The van der Waals surface area contributed by atoms with Crippen LogP contribution in [0, 0.1) is 0 Å². The van der Waals surface area contributed by atoms with Crippen molar-refractivity contribution in [1.29, 1.82) is 0 Å². The summed E-state index contributed by atoms with van der Waals surface area (Å²) in [5.41, 5.74) is 1.13. The minimum Gasteiger partial charge on any atom is -0.336 e. The topological polar surface area (TPSA) is 66.5 Å². The average Bonchev–Trinajstić information content (AvgIpc) is 3.12. The number of benzene rings is 2. The number of carbonyl (C=O) groups is 1. The van der Waals surface area contributed by atoms with Gasteiger partial charge in [0.15, 0.2) is 0 Å². The summed E-state index contributed by atoms with van der Waals surface area (Å²) in [6.07, 6.45) is 2.06. The van der Waals surface area contributed by atoms with E-state index in [0.29, 0.717) is 0 Å². The van der Waals surface area contributed by atoms with E-state index in [1.807, 2.05) is 35.2 Å². The molecule has 1 N–H and O–H groups in total. The maximum absolute atomic E-state index is 12.6. The van der Waals surface area contributed by atoms with Crippen molar-refractivity contribution in [2.45, 2.75) is 30.2 Å². The van der Waals surface area contributed by atoms with Crippen LogP contribution < -0.4 is 4.72 Å². The summed E-state index contributed by atoms with van der Waals surface area (Å²) in [6.45, 7) is 0.813. The number of nitrogens with one attached hydrogen (secondary N) is 1. The third-order valence-corrected chi connectivity index (χ3v) is 6.52. The molecule has 2 aromatic rings. The smallest absolute Gasteiger partial charge is 0.240 e. The van der Waals surface area contributed by atoms with Gasteiger partial charge in [-0.2, -0.15) is 0 Å². The molecular weight excluding hydrogens is 416 g/mol. The lowest BCUT2D eigenvalue weighted by atomic mass is 10.0. The zero-order chi connectivity index (χ0) is 18.6. The van der Waals surface area contributed by atoms with Gasteiger partial charge in [-0.15, -0.1) is 0 Å². The van der Waals surface area contributed by atoms with Crippen LogP contribution in [-0.4, -0.2) is 32.3 Å². The van der Waals surface area contributed by atoms with Gasteiger partial charge in [-0.3, -0.25) is 4.79 Å². The highest BCUT2D eigenvalue weighted by Gasteiger charge is 2.29. The normalized spacial score (nSPS) is 17.4. The second-order valence-electron chi connectivity index (χ2n) is 6.26. The summed E-state index contributed by atoms with van der Waals surface area (Å²) in [6, 6.07) is 16.5. The van der Waals surface area contributed by atoms with Crippen LogP contribution in [0.4, 0.5) is 0 Å². The summed E-state index contributed by atoms with van der Waals surface area (Å²) in [7, 11) is -3.60. The van der Waals surface area contributed by atoms with E-state index >= 15 is 0 Å². The van der Waals surface area contributed by atoms with Crippen molar-refractivity contribution < 1.29 is 13.2 Å². The number of rotatable bonds is 6. The number of sulfonamides is 1. The maximum atomic E-state index is 12.6. The molecule has 26 heavy (non-hydrogen) atoms. The standard InChI is InChI=1S/C19H21BrN2O3S/c20-16-8-10-17(11-9-16)26(24,25)21-13-12-19(23)22-14-4-7-18(22)15-5-2-1-3-6-15/h1-3,5-6,8-11,18,21H,4,7,12-14H2/t18-/m0/s1. The van der Waals surface area contributed by atoms with E-state index < -0.39 is 10.0 Å². The highest BCUT2D eigenvalue weighted by molar-refractivity contribution is 9.10. The summed E-state index contributed by atoms with van der Waals surface area (Å²) in [5.74, 6) is -0.0186. The summed E-state index contributed by atoms with van der Waals surface area (Å²) >= 11 is 3.28. The Morgan fingerprint density at radius 3 is 2.50 bits per heavy atom. The quantitative estimate of drug-likeness (QED) is 0.753. The van der Waals surface area contributed by atoms with Gasteiger partial charge in [-0.1, -0.05) is 46.3 Å². The van der Waals surface area contributed by atoms with Crippen LogP contribution in [0.3, 0.4) is 0 Å². The van der Waals surface area contributed by atoms with E-state index in [1.165, 1.54) is 12.1 Å². The Morgan fingerprint density at radius 1 is 1.12 bits per heavy atom. The Hall–Kier alpha value is -1.70. The van der Waals surface area contributed by atoms with E-state index in [1.54, 1.807) is 12.1 Å². The van der Waals surface area contributed by atoms with E-state index in [2.05, 4.69) is 20.7 Å². The Balaban J connectivity index is 1.57. The first-order valence-corrected chi connectivity index (χ1v) is 10.8. The van der Waals surface area contributed by atoms with E-state index in [9.17, 15) is 13.2 Å². The van der Waals surface area contributed by atoms with E-state index in [0.717, 1.165) is 29.4 Å². The predicted molar refractivity (Wildman–Crippen MR) is 104 cm³/mol. The maximum Gasteiger partial charge on any atom is 0.240 e. The van der Waals surface area contributed by atoms with Gasteiger partial charge in [0.25, 0.3) is 0 Å². The number of carbonyl (C=O) groups excluding carboxylic acids is 1. The molecule has 0 aliphatic carbocycles. The Labute approximate surface area is 162 Å². The first kappa shape index (κ1) is 19.1. The van der Waals surface area contributed by atoms with Crippen LogP contribution in [0.2, 0.25) is 0 Å². The molecule has 1 aliphatic rings. The van der Waals surface area contributed by atoms with Gasteiger partial charge < -0.3 is 4.90 Å². The molecule has 0 unspecified atom stereocenters. The summed E-state index contributed by atoms with van der Waals surface area (Å²) < 4.78 is 27.9. The number of likely N-dealkylation sites (tertiary alicyclic amines) is 1. The molecule has 1 saturated heterocycles. The van der Waals surface area contributed by atoms with Crippen molar-refractivity contribution in [2.24, 2.45) is 0 Å². The third kappa shape index (κ3) is 4.52. The molecule has 0 saturated carbocycles. The molecule has 0 radical (unpaired) electrons. The zero-order valence-electron chi connectivity index (χ0n) is 14.3. The van der Waals surface area contributed by atoms with Crippen LogP contribution in [0.15, 0.2) is 64.0 Å². The lowest BCUT2D eigenvalue weighted by Crippen LogP contribution is -2.34. The second-order valence-corrected chi connectivity index (χ2v) is 8.94. The van der Waals surface area contributed by atoms with Crippen molar-refractivity contribution in [3.05, 3.63) is 64.6 Å². The molecule has 0 aromatic heterocycles. The number of amides is 1. The minimum absolute atomic E-state index is 0.0186. The molecule has 1 aliphatic heterocycles. The number of halogens is 1. The van der Waals surface area contributed by atoms with Gasteiger partial charge in [-0.05, 0) is 42.7 Å². The highest BCUT2D eigenvalue weighted by Crippen LogP contribution is 2.32. The SMILES string of the molecule is O=C(CCNS(=O)(=O)c1ccc(Br)cc1)N1CCC[C@H]1c1ccccc1. The Kier molecular flexibility index (Phi) is 6.11. The molecule has 5 nitrogen and oxygen atoms in total. The zero-order valence-corrected chi connectivity index (χ0v) is 16.7. The molecular formula is C19H21BrN2O3S. The third-order valence-electron chi connectivity index (χ3n) is 4.51. The number of nitrogens with zero attached hydrogens (tertiary/aromatic N) is 1. The molecule has 1 fully saturated rings. The molecule has 1 atom stereocenters. The lowest BCUT2D eigenvalue weighted by Gasteiger charge is -2.25. The van der Waals surface area contributed by atoms with Crippen molar-refractivity contribution in [3.63, 3.8) is 0 Å². The van der Waals surface area contributed by atoms with Gasteiger partial charge in [0.1, 0.15) is 0 Å². The first-order chi connectivity index (χ1) is 12.5. The van der Waals surface area contributed by atoms with Crippen molar-refractivity contribution >= 4 is 31.9 Å². The average molecular weight is 437 g/mol. The van der Waals surface area contributed by atoms with Crippen LogP contribution in [0.25, 0.3) is 0 Å². The largest absolute Gasteiger partial charge is 0.336 e. The van der Waals surface area contributed by atoms with Gasteiger partial charge in [0, 0.05) is 24.0 Å². The predicted octanol–water partition coefficient (Wildman–Crippen LogP) is 3.48. The highest BCUT2D eigenvalue weighted by atomic mass is 79.9. The molecule has 2 aromatic carbocycles. The molecule has 7 heteroatoms. The van der Waals surface area contributed by atoms with E-state index in [4.69, 9.17) is 0 Å². The van der Waals surface area contributed by atoms with Crippen LogP contribution in [0.5, 0.6) is 0 Å². The van der Waals surface area contributed by atoms with E-state index in [-0.39, 0.29) is 29.8 Å². The number of hydrogen-bond acceptors (Lipinski definition) is 3. The molecule has 1 heterocycles. The van der Waals surface area contributed by atoms with Crippen molar-refractivity contribution in [1.82, 2.24) is 9.62 Å². The van der Waals surface area contributed by atoms with Gasteiger partial charge >= 0.3 is 0 Å². The van der Waals surface area contributed by atoms with Crippen LogP contribution >= 0.6 is 15.9 Å². The molecule has 0 spiro atoms. The van der Waals surface area contributed by atoms with Crippen molar-refractivity contribution in [3.8, 4) is 0 Å². The fourth-order valence-electron chi connectivity index (χ4n) is 3.22. The van der Waals surface area contributed by atoms with Crippen LogP contribution in [0.1, 0.15) is 30.9 Å². The minimum atomic E-state index is -3.60. The van der Waals surface area contributed by atoms with Gasteiger partial charge in [0.2, 0.25) is 15.9 Å². The monoisotopic (exact) mass is 436 g/mol. The second kappa shape index (κ2) is 8.33. The molecule has 1 amide bonds. The summed E-state index contributed by atoms with van der Waals surface area (Å²) in [5, 5.41) is 0. The first-order valence-electron chi connectivity index (χ1n) is 8.57. The Morgan fingerprint density at radius 2 is 1.81 bits per heavy atom. The van der Waals surface area contributed by atoms with Gasteiger partial charge in [-0.25, -0.2) is 13.1 Å². The fraction of sp³-hybridized carbons (Fsp3) is 0.316.